The third kappa shape index (κ3) is 4.29. The zero-order valence-corrected chi connectivity index (χ0v) is 19.2. The van der Waals surface area contributed by atoms with Gasteiger partial charge in [-0.2, -0.15) is 0 Å². The first-order valence-electron chi connectivity index (χ1n) is 12.3. The van der Waals surface area contributed by atoms with Crippen LogP contribution in [0.3, 0.4) is 0 Å². The van der Waals surface area contributed by atoms with E-state index >= 15 is 0 Å². The normalized spacial score (nSPS) is 23.2. The summed E-state index contributed by atoms with van der Waals surface area (Å²) >= 11 is 0. The average molecular weight is 430 g/mol. The van der Waals surface area contributed by atoms with Crippen molar-refractivity contribution in [3.05, 3.63) is 77.9 Å². The molecule has 0 amide bonds. The highest BCUT2D eigenvalue weighted by molar-refractivity contribution is 5.85. The van der Waals surface area contributed by atoms with Crippen LogP contribution in [0, 0.1) is 0 Å². The van der Waals surface area contributed by atoms with Crippen molar-refractivity contribution in [2.24, 2.45) is 0 Å². The van der Waals surface area contributed by atoms with Gasteiger partial charge in [0.25, 0.3) is 0 Å². The lowest BCUT2D eigenvalue weighted by molar-refractivity contribution is -0.0679. The first-order valence-corrected chi connectivity index (χ1v) is 12.3. The number of rotatable bonds is 5. The van der Waals surface area contributed by atoms with E-state index in [1.54, 1.807) is 0 Å². The monoisotopic (exact) mass is 429 g/mol. The minimum Gasteiger partial charge on any atom is -0.385 e. The van der Waals surface area contributed by atoms with Crippen LogP contribution in [0.5, 0.6) is 0 Å². The van der Waals surface area contributed by atoms with Gasteiger partial charge in [-0.15, -0.1) is 0 Å². The summed E-state index contributed by atoms with van der Waals surface area (Å²) in [6.45, 7) is 4.60. The Morgan fingerprint density at radius 3 is 2.44 bits per heavy atom. The van der Waals surface area contributed by atoms with Crippen LogP contribution in [-0.4, -0.2) is 30.9 Å². The Kier molecular flexibility index (Phi) is 6.21. The van der Waals surface area contributed by atoms with Gasteiger partial charge in [0, 0.05) is 44.3 Å². The van der Waals surface area contributed by atoms with E-state index in [0.29, 0.717) is 38.0 Å². The van der Waals surface area contributed by atoms with Gasteiger partial charge in [-0.3, -0.25) is 0 Å². The molecule has 1 heterocycles. The molecule has 1 N–H and O–H groups in total. The molecule has 0 radical (unpaired) electrons. The number of hydrogen-bond donors (Lipinski definition) is 1. The third-order valence-electron chi connectivity index (χ3n) is 7.73. The molecule has 2 fully saturated rings. The lowest BCUT2D eigenvalue weighted by Gasteiger charge is -2.39. The Balaban J connectivity index is 1.32. The van der Waals surface area contributed by atoms with E-state index in [1.165, 1.54) is 47.7 Å². The highest BCUT2D eigenvalue weighted by Gasteiger charge is 2.32. The van der Waals surface area contributed by atoms with E-state index in [9.17, 15) is 5.11 Å². The fourth-order valence-electron chi connectivity index (χ4n) is 5.82. The van der Waals surface area contributed by atoms with Crippen molar-refractivity contribution in [1.82, 2.24) is 0 Å². The number of aliphatic hydroxyl groups is 1. The molecule has 2 unspecified atom stereocenters. The van der Waals surface area contributed by atoms with Gasteiger partial charge in [0.1, 0.15) is 0 Å². The molecule has 1 saturated carbocycles. The van der Waals surface area contributed by atoms with Crippen LogP contribution in [0.25, 0.3) is 10.8 Å². The maximum atomic E-state index is 11.0. The third-order valence-corrected chi connectivity index (χ3v) is 7.73. The standard InChI is InChI=1S/C29H35NO2/c1-2-30(28-15-12-22-6-3-4-7-24(22)21-28)27-9-5-8-25(20-27)23-10-13-26(14-11-23)29(31)16-18-32-19-17-29/h3-4,6-7,10-15,21,25,27,31H,2,5,8-9,16-20H2,1H3. The maximum absolute atomic E-state index is 11.0. The molecule has 168 valence electrons. The van der Waals surface area contributed by atoms with Gasteiger partial charge in [-0.1, -0.05) is 61.0 Å². The number of benzene rings is 3. The molecule has 1 aliphatic heterocycles. The van der Waals surface area contributed by atoms with Crippen LogP contribution in [0.15, 0.2) is 66.7 Å². The molecule has 3 nitrogen and oxygen atoms in total. The Hall–Kier alpha value is -2.36. The zero-order chi connectivity index (χ0) is 22.0. The largest absolute Gasteiger partial charge is 0.385 e. The number of fused-ring (bicyclic) bond motifs is 1. The highest BCUT2D eigenvalue weighted by Crippen LogP contribution is 2.38. The van der Waals surface area contributed by atoms with Crippen molar-refractivity contribution in [1.29, 1.82) is 0 Å². The number of nitrogens with zero attached hydrogens (tertiary/aromatic N) is 1. The summed E-state index contributed by atoms with van der Waals surface area (Å²) in [6.07, 6.45) is 6.35. The van der Waals surface area contributed by atoms with E-state index in [4.69, 9.17) is 4.74 Å². The summed E-state index contributed by atoms with van der Waals surface area (Å²) in [6, 6.07) is 25.0. The predicted molar refractivity (Wildman–Crippen MR) is 132 cm³/mol. The predicted octanol–water partition coefficient (Wildman–Crippen LogP) is 6.39. The summed E-state index contributed by atoms with van der Waals surface area (Å²) in [7, 11) is 0. The van der Waals surface area contributed by atoms with Gasteiger partial charge in [0.2, 0.25) is 0 Å². The summed E-state index contributed by atoms with van der Waals surface area (Å²) in [4.78, 5) is 2.61. The molecule has 0 spiro atoms. The second-order valence-corrected chi connectivity index (χ2v) is 9.60. The van der Waals surface area contributed by atoms with Crippen molar-refractivity contribution in [2.75, 3.05) is 24.7 Å². The molecule has 1 aliphatic carbocycles. The Labute approximate surface area is 192 Å². The highest BCUT2D eigenvalue weighted by atomic mass is 16.5. The first kappa shape index (κ1) is 21.5. The minimum absolute atomic E-state index is 0.569. The van der Waals surface area contributed by atoms with Gasteiger partial charge in [0.15, 0.2) is 0 Å². The van der Waals surface area contributed by atoms with Crippen LogP contribution in [0.4, 0.5) is 5.69 Å². The van der Waals surface area contributed by atoms with Crippen LogP contribution < -0.4 is 4.90 Å². The quantitative estimate of drug-likeness (QED) is 0.510. The molecule has 2 atom stereocenters. The van der Waals surface area contributed by atoms with Gasteiger partial charge < -0.3 is 14.7 Å². The average Bonchev–Trinajstić information content (AvgIpc) is 2.85. The zero-order valence-electron chi connectivity index (χ0n) is 19.2. The Bertz CT molecular complexity index is 1040. The van der Waals surface area contributed by atoms with Crippen molar-refractivity contribution in [3.63, 3.8) is 0 Å². The molecule has 0 aromatic heterocycles. The van der Waals surface area contributed by atoms with Crippen molar-refractivity contribution >= 4 is 16.5 Å². The molecular formula is C29H35NO2. The van der Waals surface area contributed by atoms with Crippen molar-refractivity contribution in [2.45, 2.75) is 63.0 Å². The van der Waals surface area contributed by atoms with Crippen molar-refractivity contribution < 1.29 is 9.84 Å². The topological polar surface area (TPSA) is 32.7 Å². The molecule has 3 aromatic rings. The van der Waals surface area contributed by atoms with Gasteiger partial charge in [-0.25, -0.2) is 0 Å². The first-order chi connectivity index (χ1) is 15.7. The molecule has 2 aliphatic rings. The molecule has 3 aromatic carbocycles. The SMILES string of the molecule is CCN(c1ccc2ccccc2c1)C1CCCC(c2ccc(C3(O)CCOCC3)cc2)C1. The molecule has 3 heteroatoms. The van der Waals surface area contributed by atoms with E-state index in [0.717, 1.165) is 12.1 Å². The maximum Gasteiger partial charge on any atom is 0.0940 e. The molecule has 32 heavy (non-hydrogen) atoms. The molecule has 1 saturated heterocycles. The summed E-state index contributed by atoms with van der Waals surface area (Å²) in [5.74, 6) is 0.585. The van der Waals surface area contributed by atoms with E-state index in [1.807, 2.05) is 0 Å². The van der Waals surface area contributed by atoms with Crippen molar-refractivity contribution in [3.8, 4) is 0 Å². The molecular weight excluding hydrogens is 394 g/mol. The van der Waals surface area contributed by atoms with Gasteiger partial charge in [-0.05, 0) is 66.1 Å². The second-order valence-electron chi connectivity index (χ2n) is 9.60. The van der Waals surface area contributed by atoms with Crippen LogP contribution in [0.2, 0.25) is 0 Å². The lowest BCUT2D eigenvalue weighted by Crippen LogP contribution is -2.38. The number of hydrogen-bond acceptors (Lipinski definition) is 3. The number of anilines is 1. The smallest absolute Gasteiger partial charge is 0.0940 e. The van der Waals surface area contributed by atoms with Crippen LogP contribution >= 0.6 is 0 Å². The van der Waals surface area contributed by atoms with Gasteiger partial charge in [0.05, 0.1) is 5.60 Å². The molecule has 0 bridgehead atoms. The fraction of sp³-hybridized carbons (Fsp3) is 0.448. The summed E-state index contributed by atoms with van der Waals surface area (Å²) in [5.41, 5.74) is 3.09. The summed E-state index contributed by atoms with van der Waals surface area (Å²) in [5, 5.41) is 13.6. The number of ether oxygens (including phenoxy) is 1. The van der Waals surface area contributed by atoms with E-state index in [2.05, 4.69) is 78.6 Å². The Morgan fingerprint density at radius 1 is 0.938 bits per heavy atom. The van der Waals surface area contributed by atoms with E-state index < -0.39 is 5.60 Å². The minimum atomic E-state index is -0.721. The summed E-state index contributed by atoms with van der Waals surface area (Å²) < 4.78 is 5.45. The van der Waals surface area contributed by atoms with Crippen LogP contribution in [0.1, 0.15) is 62.5 Å². The lowest BCUT2D eigenvalue weighted by atomic mass is 9.79. The fourth-order valence-corrected chi connectivity index (χ4v) is 5.82. The molecule has 5 rings (SSSR count). The van der Waals surface area contributed by atoms with E-state index in [-0.39, 0.29) is 0 Å². The van der Waals surface area contributed by atoms with Crippen LogP contribution in [-0.2, 0) is 10.3 Å². The Morgan fingerprint density at radius 2 is 1.69 bits per heavy atom. The second kappa shape index (κ2) is 9.25. The van der Waals surface area contributed by atoms with Gasteiger partial charge >= 0.3 is 0 Å².